The first kappa shape index (κ1) is 10.3. The smallest absolute Gasteiger partial charge is 0.407 e. The molecule has 1 rings (SSSR count). The highest BCUT2D eigenvalue weighted by Gasteiger charge is 2.27. The summed E-state index contributed by atoms with van der Waals surface area (Å²) in [7, 11) is 0. The van der Waals surface area contributed by atoms with E-state index in [9.17, 15) is 4.79 Å². The molecule has 0 spiro atoms. The van der Waals surface area contributed by atoms with Crippen LogP contribution in [0.25, 0.3) is 0 Å². The predicted molar refractivity (Wildman–Crippen MR) is 45.2 cm³/mol. The number of hydrogen-bond donors (Lipinski definition) is 3. The molecular weight excluding hydrogens is 174 g/mol. The minimum absolute atomic E-state index is 0.0269. The van der Waals surface area contributed by atoms with Crippen LogP contribution in [0.4, 0.5) is 4.79 Å². The van der Waals surface area contributed by atoms with Crippen molar-refractivity contribution >= 4 is 6.09 Å². The van der Waals surface area contributed by atoms with Crippen LogP contribution in [-0.2, 0) is 4.74 Å². The molecule has 0 aromatic carbocycles. The lowest BCUT2D eigenvalue weighted by Crippen LogP contribution is -2.38. The van der Waals surface area contributed by atoms with Gasteiger partial charge in [-0.3, -0.25) is 0 Å². The van der Waals surface area contributed by atoms with Gasteiger partial charge in [0.05, 0.1) is 12.7 Å². The Labute approximate surface area is 76.7 Å². The molecule has 3 N–H and O–H groups in total. The van der Waals surface area contributed by atoms with E-state index in [1.807, 2.05) is 0 Å². The quantitative estimate of drug-likeness (QED) is 0.556. The molecule has 0 aliphatic heterocycles. The molecule has 1 aliphatic carbocycles. The van der Waals surface area contributed by atoms with Gasteiger partial charge in [-0.05, 0) is 18.8 Å². The van der Waals surface area contributed by atoms with Crippen LogP contribution in [0, 0.1) is 5.92 Å². The van der Waals surface area contributed by atoms with Crippen molar-refractivity contribution in [3.05, 3.63) is 0 Å². The number of aliphatic hydroxyl groups excluding tert-OH is 2. The highest BCUT2D eigenvalue weighted by Crippen LogP contribution is 2.25. The molecule has 76 valence electrons. The van der Waals surface area contributed by atoms with Gasteiger partial charge in [0.15, 0.2) is 0 Å². The van der Waals surface area contributed by atoms with Crippen molar-refractivity contribution in [1.29, 1.82) is 0 Å². The van der Waals surface area contributed by atoms with E-state index in [0.29, 0.717) is 12.5 Å². The van der Waals surface area contributed by atoms with E-state index >= 15 is 0 Å². The number of amides is 1. The Morgan fingerprint density at radius 3 is 2.77 bits per heavy atom. The molecule has 0 saturated heterocycles. The second kappa shape index (κ2) is 5.04. The van der Waals surface area contributed by atoms with Crippen molar-refractivity contribution in [3.63, 3.8) is 0 Å². The lowest BCUT2D eigenvalue weighted by atomic mass is 9.82. The Morgan fingerprint density at radius 2 is 2.23 bits per heavy atom. The first-order chi connectivity index (χ1) is 6.22. The van der Waals surface area contributed by atoms with Crippen LogP contribution in [0.5, 0.6) is 0 Å². The zero-order valence-corrected chi connectivity index (χ0v) is 7.40. The van der Waals surface area contributed by atoms with Crippen molar-refractivity contribution in [2.75, 3.05) is 19.8 Å². The standard InChI is InChI=1S/C8H15NO4/c10-1-2-13-8(12)9-5-6-3-7(11)4-6/h6-7,10-11H,1-5H2,(H,9,12). The number of carbonyl (C=O) groups is 1. The van der Waals surface area contributed by atoms with E-state index in [0.717, 1.165) is 12.8 Å². The lowest BCUT2D eigenvalue weighted by molar-refractivity contribution is 0.0415. The lowest BCUT2D eigenvalue weighted by Gasteiger charge is -2.31. The van der Waals surface area contributed by atoms with Crippen molar-refractivity contribution in [2.45, 2.75) is 18.9 Å². The summed E-state index contributed by atoms with van der Waals surface area (Å²) >= 11 is 0. The van der Waals surface area contributed by atoms with E-state index < -0.39 is 6.09 Å². The first-order valence-electron chi connectivity index (χ1n) is 4.42. The van der Waals surface area contributed by atoms with Gasteiger partial charge in [0.2, 0.25) is 0 Å². The largest absolute Gasteiger partial charge is 0.447 e. The summed E-state index contributed by atoms with van der Waals surface area (Å²) < 4.78 is 4.57. The number of alkyl carbamates (subject to hydrolysis) is 1. The van der Waals surface area contributed by atoms with Crippen molar-refractivity contribution in [1.82, 2.24) is 5.32 Å². The van der Waals surface area contributed by atoms with E-state index in [4.69, 9.17) is 10.2 Å². The average molecular weight is 189 g/mol. The van der Waals surface area contributed by atoms with Gasteiger partial charge >= 0.3 is 6.09 Å². The molecule has 0 atom stereocenters. The van der Waals surface area contributed by atoms with E-state index in [-0.39, 0.29) is 19.3 Å². The Morgan fingerprint density at radius 1 is 1.54 bits per heavy atom. The van der Waals surface area contributed by atoms with Crippen LogP contribution < -0.4 is 5.32 Å². The molecular formula is C8H15NO4. The normalized spacial score (nSPS) is 26.3. The van der Waals surface area contributed by atoms with Gasteiger partial charge in [-0.15, -0.1) is 0 Å². The van der Waals surface area contributed by atoms with Gasteiger partial charge in [0.1, 0.15) is 6.61 Å². The monoisotopic (exact) mass is 189 g/mol. The summed E-state index contributed by atoms with van der Waals surface area (Å²) in [6, 6.07) is 0. The second-order valence-corrected chi connectivity index (χ2v) is 3.23. The van der Waals surface area contributed by atoms with E-state index in [2.05, 4.69) is 10.1 Å². The second-order valence-electron chi connectivity index (χ2n) is 3.23. The summed E-state index contributed by atoms with van der Waals surface area (Å²) in [5, 5.41) is 19.9. The molecule has 0 aromatic rings. The summed E-state index contributed by atoms with van der Waals surface area (Å²) in [6.45, 7) is 0.413. The SMILES string of the molecule is O=C(NCC1CC(O)C1)OCCO. The summed E-state index contributed by atoms with van der Waals surface area (Å²) in [6.07, 6.45) is 0.802. The molecule has 0 bridgehead atoms. The minimum Gasteiger partial charge on any atom is -0.447 e. The van der Waals surface area contributed by atoms with E-state index in [1.54, 1.807) is 0 Å². The van der Waals surface area contributed by atoms with Crippen LogP contribution in [0.1, 0.15) is 12.8 Å². The molecule has 1 fully saturated rings. The van der Waals surface area contributed by atoms with Crippen LogP contribution in [0.2, 0.25) is 0 Å². The fourth-order valence-electron chi connectivity index (χ4n) is 1.28. The Kier molecular flexibility index (Phi) is 3.98. The van der Waals surface area contributed by atoms with Crippen LogP contribution in [0.15, 0.2) is 0 Å². The molecule has 1 saturated carbocycles. The highest BCUT2D eigenvalue weighted by molar-refractivity contribution is 5.67. The fourth-order valence-corrected chi connectivity index (χ4v) is 1.28. The molecule has 1 aliphatic rings. The number of hydrogen-bond acceptors (Lipinski definition) is 4. The predicted octanol–water partition coefficient (Wildman–Crippen LogP) is -0.524. The van der Waals surface area contributed by atoms with Crippen LogP contribution in [0.3, 0.4) is 0 Å². The maximum Gasteiger partial charge on any atom is 0.407 e. The molecule has 0 heterocycles. The van der Waals surface area contributed by atoms with Gasteiger partial charge in [-0.1, -0.05) is 0 Å². The third-order valence-electron chi connectivity index (χ3n) is 2.07. The van der Waals surface area contributed by atoms with Gasteiger partial charge in [-0.25, -0.2) is 4.79 Å². The Bertz CT molecular complexity index is 168. The molecule has 0 radical (unpaired) electrons. The zero-order valence-electron chi connectivity index (χ0n) is 7.40. The third-order valence-corrected chi connectivity index (χ3v) is 2.07. The summed E-state index contributed by atoms with van der Waals surface area (Å²) in [5.74, 6) is 0.372. The highest BCUT2D eigenvalue weighted by atomic mass is 16.6. The maximum absolute atomic E-state index is 10.8. The molecule has 5 nitrogen and oxygen atoms in total. The fraction of sp³-hybridized carbons (Fsp3) is 0.875. The molecule has 5 heteroatoms. The van der Waals surface area contributed by atoms with E-state index in [1.165, 1.54) is 0 Å². The van der Waals surface area contributed by atoms with Crippen molar-refractivity contribution < 1.29 is 19.7 Å². The summed E-state index contributed by atoms with van der Waals surface area (Å²) in [4.78, 5) is 10.8. The molecule has 0 unspecified atom stereocenters. The maximum atomic E-state index is 10.8. The van der Waals surface area contributed by atoms with Crippen LogP contribution in [-0.4, -0.2) is 42.2 Å². The molecule has 1 amide bonds. The van der Waals surface area contributed by atoms with Crippen molar-refractivity contribution in [3.8, 4) is 0 Å². The minimum atomic E-state index is -0.504. The Hall–Kier alpha value is -0.810. The van der Waals surface area contributed by atoms with Crippen LogP contribution >= 0.6 is 0 Å². The number of carbonyl (C=O) groups excluding carboxylic acids is 1. The van der Waals surface area contributed by atoms with Gasteiger partial charge < -0.3 is 20.3 Å². The average Bonchev–Trinajstić information content (AvgIpc) is 2.07. The van der Waals surface area contributed by atoms with Gasteiger partial charge in [-0.2, -0.15) is 0 Å². The number of nitrogens with one attached hydrogen (secondary N) is 1. The molecule has 13 heavy (non-hydrogen) atoms. The Balaban J connectivity index is 1.96. The number of aliphatic hydroxyl groups is 2. The van der Waals surface area contributed by atoms with Gasteiger partial charge in [0, 0.05) is 6.54 Å². The zero-order chi connectivity index (χ0) is 9.68. The first-order valence-corrected chi connectivity index (χ1v) is 4.42. The number of ether oxygens (including phenoxy) is 1. The molecule has 0 aromatic heterocycles. The van der Waals surface area contributed by atoms with Gasteiger partial charge in [0.25, 0.3) is 0 Å². The topological polar surface area (TPSA) is 78.8 Å². The summed E-state index contributed by atoms with van der Waals surface area (Å²) in [5.41, 5.74) is 0. The number of rotatable bonds is 4. The van der Waals surface area contributed by atoms with Crippen molar-refractivity contribution in [2.24, 2.45) is 5.92 Å². The third kappa shape index (κ3) is 3.61.